The first-order valence-corrected chi connectivity index (χ1v) is 8.12. The average Bonchev–Trinajstić information content (AvgIpc) is 2.37. The normalized spacial score (nSPS) is 11.1. The smallest absolute Gasteiger partial charge is 0.335 e. The van der Waals surface area contributed by atoms with Gasteiger partial charge in [-0.15, -0.1) is 0 Å². The molecule has 0 spiro atoms. The van der Waals surface area contributed by atoms with Gasteiger partial charge in [0.05, 0.1) is 11.3 Å². The molecule has 110 valence electrons. The molecule has 0 radical (unpaired) electrons. The third-order valence-electron chi connectivity index (χ3n) is 2.45. The summed E-state index contributed by atoms with van der Waals surface area (Å²) in [5.74, 6) is -1.14. The van der Waals surface area contributed by atoms with Gasteiger partial charge in [0.15, 0.2) is 0 Å². The third-order valence-corrected chi connectivity index (χ3v) is 5.01. The first-order chi connectivity index (χ1) is 9.79. The van der Waals surface area contributed by atoms with E-state index in [1.807, 2.05) is 0 Å². The SMILES string of the molecule is O=C(O)c1ccc(S(=O)(=O)Nc2ccnc(Cl)c2)c(Br)c1. The maximum Gasteiger partial charge on any atom is 0.335 e. The van der Waals surface area contributed by atoms with Crippen molar-refractivity contribution in [3.05, 3.63) is 51.7 Å². The molecule has 0 aliphatic heterocycles. The van der Waals surface area contributed by atoms with Crippen molar-refractivity contribution in [1.29, 1.82) is 0 Å². The van der Waals surface area contributed by atoms with Crippen LogP contribution in [0.15, 0.2) is 45.9 Å². The Morgan fingerprint density at radius 2 is 2.00 bits per heavy atom. The lowest BCUT2D eigenvalue weighted by Crippen LogP contribution is -2.14. The van der Waals surface area contributed by atoms with Crippen LogP contribution in [0.5, 0.6) is 0 Å². The van der Waals surface area contributed by atoms with Crippen LogP contribution in [0, 0.1) is 0 Å². The summed E-state index contributed by atoms with van der Waals surface area (Å²) in [5.41, 5.74) is 0.233. The molecule has 21 heavy (non-hydrogen) atoms. The van der Waals surface area contributed by atoms with E-state index in [4.69, 9.17) is 16.7 Å². The molecule has 0 fully saturated rings. The summed E-state index contributed by atoms with van der Waals surface area (Å²) in [6, 6.07) is 6.44. The van der Waals surface area contributed by atoms with Crippen LogP contribution in [0.1, 0.15) is 10.4 Å². The summed E-state index contributed by atoms with van der Waals surface area (Å²) >= 11 is 8.74. The van der Waals surface area contributed by atoms with Crippen LogP contribution < -0.4 is 4.72 Å². The van der Waals surface area contributed by atoms with Crippen molar-refractivity contribution < 1.29 is 18.3 Å². The number of carboxylic acids is 1. The number of anilines is 1. The number of hydrogen-bond acceptors (Lipinski definition) is 4. The Hall–Kier alpha value is -1.64. The maximum absolute atomic E-state index is 12.3. The molecule has 0 saturated carbocycles. The van der Waals surface area contributed by atoms with E-state index in [0.717, 1.165) is 0 Å². The summed E-state index contributed by atoms with van der Waals surface area (Å²) in [5, 5.41) is 9.01. The fraction of sp³-hybridized carbons (Fsp3) is 0. The van der Waals surface area contributed by atoms with Crippen molar-refractivity contribution in [2.75, 3.05) is 4.72 Å². The summed E-state index contributed by atoms with van der Waals surface area (Å²) in [7, 11) is -3.88. The Morgan fingerprint density at radius 3 is 2.57 bits per heavy atom. The molecule has 0 atom stereocenters. The number of carboxylic acid groups (broad SMARTS) is 1. The highest BCUT2D eigenvalue weighted by atomic mass is 79.9. The molecule has 2 N–H and O–H groups in total. The fourth-order valence-corrected chi connectivity index (χ4v) is 3.83. The number of rotatable bonds is 4. The van der Waals surface area contributed by atoms with Crippen molar-refractivity contribution in [3.63, 3.8) is 0 Å². The number of nitrogens with one attached hydrogen (secondary N) is 1. The quantitative estimate of drug-likeness (QED) is 0.781. The van der Waals surface area contributed by atoms with E-state index in [1.54, 1.807) is 0 Å². The van der Waals surface area contributed by atoms with Gasteiger partial charge in [0.25, 0.3) is 10.0 Å². The standard InChI is InChI=1S/C12H8BrClN2O4S/c13-9-5-7(12(17)18)1-2-10(9)21(19,20)16-8-3-4-15-11(14)6-8/h1-6H,(H,15,16)(H,17,18). The van der Waals surface area contributed by atoms with Crippen molar-refractivity contribution in [3.8, 4) is 0 Å². The molecular formula is C12H8BrClN2O4S. The number of nitrogens with zero attached hydrogens (tertiary/aromatic N) is 1. The summed E-state index contributed by atoms with van der Waals surface area (Å²) < 4.78 is 27.0. The molecule has 0 aliphatic carbocycles. The van der Waals surface area contributed by atoms with Crippen LogP contribution in [0.4, 0.5) is 5.69 Å². The summed E-state index contributed by atoms with van der Waals surface area (Å²) in [4.78, 5) is 14.5. The van der Waals surface area contributed by atoms with Gasteiger partial charge in [0.1, 0.15) is 10.0 Å². The van der Waals surface area contributed by atoms with Crippen molar-refractivity contribution >= 4 is 49.2 Å². The molecule has 0 aliphatic rings. The lowest BCUT2D eigenvalue weighted by atomic mass is 10.2. The van der Waals surface area contributed by atoms with Crippen LogP contribution in [0.25, 0.3) is 0 Å². The molecule has 1 heterocycles. The number of pyridine rings is 1. The number of aromatic nitrogens is 1. The van der Waals surface area contributed by atoms with Crippen LogP contribution in [-0.2, 0) is 10.0 Å². The van der Waals surface area contributed by atoms with E-state index in [9.17, 15) is 13.2 Å². The van der Waals surface area contributed by atoms with Crippen LogP contribution in [0.3, 0.4) is 0 Å². The number of carbonyl (C=O) groups is 1. The number of sulfonamides is 1. The van der Waals surface area contributed by atoms with Crippen LogP contribution in [-0.4, -0.2) is 24.5 Å². The van der Waals surface area contributed by atoms with Gasteiger partial charge < -0.3 is 5.11 Å². The van der Waals surface area contributed by atoms with Gasteiger partial charge in [-0.05, 0) is 46.3 Å². The van der Waals surface area contributed by atoms with Crippen molar-refractivity contribution in [1.82, 2.24) is 4.98 Å². The summed E-state index contributed by atoms with van der Waals surface area (Å²) in [6.45, 7) is 0. The molecule has 6 nitrogen and oxygen atoms in total. The zero-order chi connectivity index (χ0) is 15.6. The first kappa shape index (κ1) is 15.7. The fourth-order valence-electron chi connectivity index (χ4n) is 1.53. The Bertz CT molecular complexity index is 811. The highest BCUT2D eigenvalue weighted by molar-refractivity contribution is 9.10. The third kappa shape index (κ3) is 3.72. The molecule has 9 heteroatoms. The summed E-state index contributed by atoms with van der Waals surface area (Å²) in [6.07, 6.45) is 1.36. The minimum Gasteiger partial charge on any atom is -0.478 e. The van der Waals surface area contributed by atoms with Crippen molar-refractivity contribution in [2.24, 2.45) is 0 Å². The predicted molar refractivity (Wildman–Crippen MR) is 81.2 cm³/mol. The maximum atomic E-state index is 12.3. The van der Waals surface area contributed by atoms with Crippen LogP contribution >= 0.6 is 27.5 Å². The van der Waals surface area contributed by atoms with Gasteiger partial charge in [0, 0.05) is 10.7 Å². The predicted octanol–water partition coefficient (Wildman–Crippen LogP) is 3.00. The van der Waals surface area contributed by atoms with Gasteiger partial charge >= 0.3 is 5.97 Å². The van der Waals surface area contributed by atoms with Crippen LogP contribution in [0.2, 0.25) is 5.15 Å². The zero-order valence-electron chi connectivity index (χ0n) is 10.2. The second-order valence-electron chi connectivity index (χ2n) is 3.92. The lowest BCUT2D eigenvalue weighted by Gasteiger charge is -2.10. The number of aromatic carboxylic acids is 1. The highest BCUT2D eigenvalue weighted by Gasteiger charge is 2.19. The number of benzene rings is 1. The Labute approximate surface area is 134 Å². The molecule has 0 unspecified atom stereocenters. The van der Waals surface area contributed by atoms with Gasteiger partial charge in [0.2, 0.25) is 0 Å². The molecule has 1 aromatic heterocycles. The highest BCUT2D eigenvalue weighted by Crippen LogP contribution is 2.26. The zero-order valence-corrected chi connectivity index (χ0v) is 13.4. The monoisotopic (exact) mass is 390 g/mol. The molecule has 0 amide bonds. The van der Waals surface area contributed by atoms with Gasteiger partial charge in [-0.1, -0.05) is 11.6 Å². The van der Waals surface area contributed by atoms with E-state index in [2.05, 4.69) is 25.6 Å². The second-order valence-corrected chi connectivity index (χ2v) is 6.82. The minimum absolute atomic E-state index is 0.0206. The Kier molecular flexibility index (Phi) is 4.50. The van der Waals surface area contributed by atoms with Crippen molar-refractivity contribution in [2.45, 2.75) is 4.90 Å². The molecule has 0 saturated heterocycles. The van der Waals surface area contributed by atoms with E-state index < -0.39 is 16.0 Å². The largest absolute Gasteiger partial charge is 0.478 e. The molecule has 2 aromatic rings. The van der Waals surface area contributed by atoms with E-state index in [-0.39, 0.29) is 25.8 Å². The molecule has 2 rings (SSSR count). The molecule has 1 aromatic carbocycles. The first-order valence-electron chi connectivity index (χ1n) is 5.47. The van der Waals surface area contributed by atoms with Gasteiger partial charge in [-0.3, -0.25) is 4.72 Å². The topological polar surface area (TPSA) is 96.4 Å². The van der Waals surface area contributed by atoms with E-state index in [1.165, 1.54) is 36.5 Å². The Balaban J connectivity index is 2.38. The van der Waals surface area contributed by atoms with E-state index in [0.29, 0.717) is 0 Å². The number of halogens is 2. The van der Waals surface area contributed by atoms with Gasteiger partial charge in [-0.25, -0.2) is 18.2 Å². The Morgan fingerprint density at radius 1 is 1.29 bits per heavy atom. The molecule has 0 bridgehead atoms. The minimum atomic E-state index is -3.88. The second kappa shape index (κ2) is 6.00. The number of hydrogen-bond donors (Lipinski definition) is 2. The van der Waals surface area contributed by atoms with Gasteiger partial charge in [-0.2, -0.15) is 0 Å². The van der Waals surface area contributed by atoms with E-state index >= 15 is 0 Å². The molecular weight excluding hydrogens is 384 g/mol. The average molecular weight is 392 g/mol. The lowest BCUT2D eigenvalue weighted by molar-refractivity contribution is 0.0696.